The van der Waals surface area contributed by atoms with Crippen LogP contribution in [0.3, 0.4) is 0 Å². The topological polar surface area (TPSA) is 26.3 Å². The second-order valence-electron chi connectivity index (χ2n) is 3.16. The summed E-state index contributed by atoms with van der Waals surface area (Å²) in [7, 11) is 1.15. The average Bonchev–Trinajstić information content (AvgIpc) is 2.19. The van der Waals surface area contributed by atoms with Gasteiger partial charge in [0.2, 0.25) is 5.78 Å². The standard InChI is InChI=1S/C10H8ClF3O2/c1-10(13,14)9(15)7-6(16-2)4-3-5(11)8(7)12/h3-4H,1-2H3. The monoisotopic (exact) mass is 252 g/mol. The van der Waals surface area contributed by atoms with Crippen LogP contribution in [-0.4, -0.2) is 18.8 Å². The Morgan fingerprint density at radius 3 is 2.44 bits per heavy atom. The second-order valence-corrected chi connectivity index (χ2v) is 3.56. The lowest BCUT2D eigenvalue weighted by molar-refractivity contribution is 0.0214. The van der Waals surface area contributed by atoms with Crippen molar-refractivity contribution in [2.45, 2.75) is 12.8 Å². The number of ketones is 1. The summed E-state index contributed by atoms with van der Waals surface area (Å²) in [5.41, 5.74) is -0.831. The molecule has 0 aliphatic heterocycles. The molecule has 0 aliphatic rings. The number of benzene rings is 1. The Kier molecular flexibility index (Phi) is 3.48. The van der Waals surface area contributed by atoms with E-state index in [-0.39, 0.29) is 5.75 Å². The summed E-state index contributed by atoms with van der Waals surface area (Å²) >= 11 is 5.41. The number of ether oxygens (including phenoxy) is 1. The molecule has 0 amide bonds. The van der Waals surface area contributed by atoms with Crippen LogP contribution >= 0.6 is 11.6 Å². The van der Waals surface area contributed by atoms with Gasteiger partial charge in [-0.15, -0.1) is 0 Å². The molecule has 88 valence electrons. The molecule has 0 aliphatic carbocycles. The fraction of sp³-hybridized carbons (Fsp3) is 0.300. The molecule has 0 saturated carbocycles. The highest BCUT2D eigenvalue weighted by Crippen LogP contribution is 2.31. The minimum atomic E-state index is -3.68. The molecule has 1 aromatic carbocycles. The van der Waals surface area contributed by atoms with E-state index in [0.717, 1.165) is 19.2 Å². The lowest BCUT2D eigenvalue weighted by Crippen LogP contribution is -2.26. The molecule has 0 fully saturated rings. The van der Waals surface area contributed by atoms with Gasteiger partial charge in [-0.3, -0.25) is 4.79 Å². The fourth-order valence-corrected chi connectivity index (χ4v) is 1.29. The van der Waals surface area contributed by atoms with Crippen LogP contribution in [0.25, 0.3) is 0 Å². The van der Waals surface area contributed by atoms with E-state index in [9.17, 15) is 18.0 Å². The van der Waals surface area contributed by atoms with E-state index >= 15 is 0 Å². The van der Waals surface area contributed by atoms with E-state index in [1.807, 2.05) is 0 Å². The molecular formula is C10H8ClF3O2. The van der Waals surface area contributed by atoms with E-state index in [4.69, 9.17) is 11.6 Å². The van der Waals surface area contributed by atoms with Crippen LogP contribution in [0.2, 0.25) is 5.02 Å². The summed E-state index contributed by atoms with van der Waals surface area (Å²) < 4.78 is 43.7. The van der Waals surface area contributed by atoms with Gasteiger partial charge in [0, 0.05) is 6.92 Å². The number of hydrogen-bond donors (Lipinski definition) is 0. The Labute approximate surface area is 95.0 Å². The molecule has 0 spiro atoms. The van der Waals surface area contributed by atoms with Crippen molar-refractivity contribution in [2.75, 3.05) is 7.11 Å². The first-order valence-corrected chi connectivity index (χ1v) is 4.61. The van der Waals surface area contributed by atoms with E-state index < -0.39 is 28.1 Å². The summed E-state index contributed by atoms with van der Waals surface area (Å²) in [6.45, 7) is 0.384. The quantitative estimate of drug-likeness (QED) is 0.772. The van der Waals surface area contributed by atoms with Crippen molar-refractivity contribution >= 4 is 17.4 Å². The van der Waals surface area contributed by atoms with Crippen molar-refractivity contribution in [3.8, 4) is 5.75 Å². The van der Waals surface area contributed by atoms with Gasteiger partial charge in [0.15, 0.2) is 5.82 Å². The van der Waals surface area contributed by atoms with Crippen LogP contribution in [0.5, 0.6) is 5.75 Å². The largest absolute Gasteiger partial charge is 0.496 e. The fourth-order valence-electron chi connectivity index (χ4n) is 1.13. The number of halogens is 4. The summed E-state index contributed by atoms with van der Waals surface area (Å²) in [5, 5.41) is -0.409. The SMILES string of the molecule is COc1ccc(Cl)c(F)c1C(=O)C(C)(F)F. The van der Waals surface area contributed by atoms with Crippen LogP contribution in [0.1, 0.15) is 17.3 Å². The van der Waals surface area contributed by atoms with E-state index in [0.29, 0.717) is 6.92 Å². The molecule has 0 bridgehead atoms. The first-order chi connectivity index (χ1) is 7.29. The molecule has 1 rings (SSSR count). The summed E-state index contributed by atoms with van der Waals surface area (Å²) in [5.74, 6) is -6.82. The second kappa shape index (κ2) is 4.33. The van der Waals surface area contributed by atoms with Gasteiger partial charge in [0.1, 0.15) is 11.3 Å². The third kappa shape index (κ3) is 2.29. The number of carbonyl (C=O) groups excluding carboxylic acids is 1. The van der Waals surface area contributed by atoms with Gasteiger partial charge in [-0.05, 0) is 12.1 Å². The number of alkyl halides is 2. The molecule has 0 saturated heterocycles. The first kappa shape index (κ1) is 12.8. The van der Waals surface area contributed by atoms with Crippen LogP contribution in [0.15, 0.2) is 12.1 Å². The number of hydrogen-bond acceptors (Lipinski definition) is 2. The lowest BCUT2D eigenvalue weighted by atomic mass is 10.0. The van der Waals surface area contributed by atoms with Crippen LogP contribution in [0.4, 0.5) is 13.2 Å². The highest BCUT2D eigenvalue weighted by atomic mass is 35.5. The van der Waals surface area contributed by atoms with Gasteiger partial charge in [-0.25, -0.2) is 4.39 Å². The number of methoxy groups -OCH3 is 1. The van der Waals surface area contributed by atoms with Gasteiger partial charge in [-0.2, -0.15) is 8.78 Å². The van der Waals surface area contributed by atoms with Gasteiger partial charge in [0.25, 0.3) is 0 Å². The number of rotatable bonds is 3. The maximum Gasteiger partial charge on any atom is 0.307 e. The van der Waals surface area contributed by atoms with Crippen molar-refractivity contribution in [1.29, 1.82) is 0 Å². The predicted octanol–water partition coefficient (Wildman–Crippen LogP) is 3.33. The van der Waals surface area contributed by atoms with Gasteiger partial charge < -0.3 is 4.74 Å². The molecule has 2 nitrogen and oxygen atoms in total. The maximum absolute atomic E-state index is 13.5. The molecular weight excluding hydrogens is 245 g/mol. The van der Waals surface area contributed by atoms with Crippen molar-refractivity contribution in [3.63, 3.8) is 0 Å². The van der Waals surface area contributed by atoms with Crippen molar-refractivity contribution < 1.29 is 22.7 Å². The van der Waals surface area contributed by atoms with Gasteiger partial charge in [-0.1, -0.05) is 11.6 Å². The maximum atomic E-state index is 13.5. The normalized spacial score (nSPS) is 11.4. The van der Waals surface area contributed by atoms with Gasteiger partial charge in [0.05, 0.1) is 12.1 Å². The molecule has 0 atom stereocenters. The Morgan fingerprint density at radius 1 is 1.44 bits per heavy atom. The minimum Gasteiger partial charge on any atom is -0.496 e. The predicted molar refractivity (Wildman–Crippen MR) is 52.9 cm³/mol. The number of carbonyl (C=O) groups is 1. The first-order valence-electron chi connectivity index (χ1n) is 4.23. The average molecular weight is 253 g/mol. The van der Waals surface area contributed by atoms with Crippen LogP contribution < -0.4 is 4.74 Å². The van der Waals surface area contributed by atoms with Gasteiger partial charge >= 0.3 is 5.92 Å². The Morgan fingerprint density at radius 2 is 2.00 bits per heavy atom. The van der Waals surface area contributed by atoms with E-state index in [2.05, 4.69) is 4.74 Å². The summed E-state index contributed by atoms with van der Waals surface area (Å²) in [6, 6.07) is 2.28. The van der Waals surface area contributed by atoms with E-state index in [1.165, 1.54) is 0 Å². The van der Waals surface area contributed by atoms with Crippen LogP contribution in [0, 0.1) is 5.82 Å². The smallest absolute Gasteiger partial charge is 0.307 e. The van der Waals surface area contributed by atoms with Crippen molar-refractivity contribution in [3.05, 3.63) is 28.5 Å². The molecule has 0 heterocycles. The molecule has 0 aromatic heterocycles. The van der Waals surface area contributed by atoms with Crippen LogP contribution in [-0.2, 0) is 0 Å². The molecule has 0 unspecified atom stereocenters. The zero-order valence-electron chi connectivity index (χ0n) is 8.48. The molecule has 0 radical (unpaired) electrons. The Hall–Kier alpha value is -1.23. The zero-order valence-corrected chi connectivity index (χ0v) is 9.24. The molecule has 6 heteroatoms. The molecule has 0 N–H and O–H groups in total. The minimum absolute atomic E-state index is 0.270. The Balaban J connectivity index is 3.42. The highest BCUT2D eigenvalue weighted by Gasteiger charge is 2.37. The van der Waals surface area contributed by atoms with Crippen molar-refractivity contribution in [2.24, 2.45) is 0 Å². The highest BCUT2D eigenvalue weighted by molar-refractivity contribution is 6.31. The lowest BCUT2D eigenvalue weighted by Gasteiger charge is -2.13. The molecule has 16 heavy (non-hydrogen) atoms. The Bertz CT molecular complexity index is 427. The third-order valence-corrected chi connectivity index (χ3v) is 2.19. The third-order valence-electron chi connectivity index (χ3n) is 1.90. The number of Topliss-reactive ketones (excluding diaryl/α,β-unsaturated/α-hetero) is 1. The van der Waals surface area contributed by atoms with Crippen molar-refractivity contribution in [1.82, 2.24) is 0 Å². The molecule has 1 aromatic rings. The zero-order chi connectivity index (χ0) is 12.5. The summed E-state index contributed by atoms with van der Waals surface area (Å²) in [4.78, 5) is 11.3. The van der Waals surface area contributed by atoms with E-state index in [1.54, 1.807) is 0 Å². The summed E-state index contributed by atoms with van der Waals surface area (Å²) in [6.07, 6.45) is 0.